The minimum Gasteiger partial charge on any atom is -0.490 e. The summed E-state index contributed by atoms with van der Waals surface area (Å²) in [5.41, 5.74) is 6.98. The Morgan fingerprint density at radius 1 is 1.09 bits per heavy atom. The van der Waals surface area contributed by atoms with Crippen molar-refractivity contribution in [3.8, 4) is 11.5 Å². The highest BCUT2D eigenvalue weighted by Gasteiger charge is 2.12. The van der Waals surface area contributed by atoms with Crippen LogP contribution in [0.15, 0.2) is 42.5 Å². The van der Waals surface area contributed by atoms with Gasteiger partial charge in [-0.3, -0.25) is 4.79 Å². The molecule has 0 saturated carbocycles. The fraction of sp³-hybridized carbons (Fsp3) is 0.278. The van der Waals surface area contributed by atoms with E-state index >= 15 is 0 Å². The maximum atomic E-state index is 11.9. The first-order chi connectivity index (χ1) is 11.0. The lowest BCUT2D eigenvalue weighted by molar-refractivity contribution is 0.0939. The Bertz CT molecular complexity index is 668. The molecule has 4 nitrogen and oxygen atoms in total. The number of carbonyl (C=O) groups is 1. The molecule has 2 aromatic carbocycles. The van der Waals surface area contributed by atoms with E-state index in [4.69, 9.17) is 26.8 Å². The van der Waals surface area contributed by atoms with E-state index in [9.17, 15) is 4.79 Å². The largest absolute Gasteiger partial charge is 0.490 e. The van der Waals surface area contributed by atoms with Gasteiger partial charge in [0.15, 0.2) is 5.78 Å². The molecule has 0 aliphatic heterocycles. The van der Waals surface area contributed by atoms with E-state index in [1.165, 1.54) is 0 Å². The molecule has 0 aromatic heterocycles. The molecule has 5 heteroatoms. The van der Waals surface area contributed by atoms with Crippen LogP contribution < -0.4 is 15.2 Å². The summed E-state index contributed by atoms with van der Waals surface area (Å²) in [5, 5.41) is 0.664. The van der Waals surface area contributed by atoms with Gasteiger partial charge in [-0.15, -0.1) is 0 Å². The molecule has 2 N–H and O–H groups in total. The average molecular weight is 334 g/mol. The summed E-state index contributed by atoms with van der Waals surface area (Å²) in [4.78, 5) is 11.9. The summed E-state index contributed by atoms with van der Waals surface area (Å²) >= 11 is 5.81. The van der Waals surface area contributed by atoms with Crippen LogP contribution in [-0.2, 0) is 0 Å². The smallest absolute Gasteiger partial charge is 0.165 e. The number of ether oxygens (including phenoxy) is 2. The molecule has 0 atom stereocenters. The van der Waals surface area contributed by atoms with Gasteiger partial charge in [0.1, 0.15) is 24.7 Å². The fourth-order valence-electron chi connectivity index (χ4n) is 2.01. The Kier molecular flexibility index (Phi) is 5.88. The monoisotopic (exact) mass is 333 g/mol. The number of rotatable bonds is 7. The lowest BCUT2D eigenvalue weighted by atomic mass is 10.0. The van der Waals surface area contributed by atoms with Gasteiger partial charge >= 0.3 is 0 Å². The molecular weight excluding hydrogens is 314 g/mol. The van der Waals surface area contributed by atoms with E-state index in [0.717, 1.165) is 5.75 Å². The highest BCUT2D eigenvalue weighted by molar-refractivity contribution is 6.30. The van der Waals surface area contributed by atoms with Gasteiger partial charge in [-0.05, 0) is 42.5 Å². The maximum absolute atomic E-state index is 11.9. The minimum atomic E-state index is -0.0612. The number of Topliss-reactive ketones (excluding diaryl/α,β-unsaturated/α-hetero) is 1. The number of nitrogen functional groups attached to an aromatic ring is 1. The molecule has 0 spiro atoms. The summed E-state index contributed by atoms with van der Waals surface area (Å²) in [6.07, 6.45) is 0. The number of hydrogen-bond donors (Lipinski definition) is 1. The molecule has 0 aliphatic carbocycles. The van der Waals surface area contributed by atoms with Crippen molar-refractivity contribution in [3.05, 3.63) is 53.1 Å². The molecule has 2 aromatic rings. The van der Waals surface area contributed by atoms with Gasteiger partial charge in [0, 0.05) is 16.5 Å². The number of carbonyl (C=O) groups excluding carboxylic acids is 1. The van der Waals surface area contributed by atoms with E-state index in [1.807, 2.05) is 13.8 Å². The summed E-state index contributed by atoms with van der Waals surface area (Å²) in [6.45, 7) is 4.45. The van der Waals surface area contributed by atoms with Crippen LogP contribution in [0.25, 0.3) is 0 Å². The van der Waals surface area contributed by atoms with Gasteiger partial charge in [-0.2, -0.15) is 0 Å². The van der Waals surface area contributed by atoms with Crippen molar-refractivity contribution in [2.75, 3.05) is 18.9 Å². The molecule has 122 valence electrons. The normalized spacial score (nSPS) is 10.6. The van der Waals surface area contributed by atoms with E-state index < -0.39 is 0 Å². The Morgan fingerprint density at radius 2 is 1.74 bits per heavy atom. The molecule has 0 unspecified atom stereocenters. The zero-order valence-electron chi connectivity index (χ0n) is 13.2. The van der Waals surface area contributed by atoms with E-state index in [-0.39, 0.29) is 11.7 Å². The molecule has 0 saturated heterocycles. The average Bonchev–Trinajstić information content (AvgIpc) is 2.53. The Morgan fingerprint density at radius 3 is 2.35 bits per heavy atom. The van der Waals surface area contributed by atoms with Crippen LogP contribution in [0.5, 0.6) is 11.5 Å². The second-order valence-corrected chi connectivity index (χ2v) is 5.86. The number of ketones is 1. The summed E-state index contributed by atoms with van der Waals surface area (Å²) in [7, 11) is 0. The van der Waals surface area contributed by atoms with Gasteiger partial charge in [0.2, 0.25) is 0 Å². The fourth-order valence-corrected chi connectivity index (χ4v) is 2.13. The van der Waals surface area contributed by atoms with Crippen LogP contribution >= 0.6 is 11.6 Å². The van der Waals surface area contributed by atoms with E-state index in [2.05, 4.69) is 0 Å². The van der Waals surface area contributed by atoms with Gasteiger partial charge < -0.3 is 15.2 Å². The molecular formula is C18H20ClNO3. The predicted octanol–water partition coefficient (Wildman–Crippen LogP) is 4.22. The van der Waals surface area contributed by atoms with Crippen molar-refractivity contribution in [2.24, 2.45) is 5.92 Å². The van der Waals surface area contributed by atoms with Crippen molar-refractivity contribution < 1.29 is 14.3 Å². The van der Waals surface area contributed by atoms with Crippen LogP contribution in [0.4, 0.5) is 5.69 Å². The third-order valence-corrected chi connectivity index (χ3v) is 3.49. The van der Waals surface area contributed by atoms with Crippen LogP contribution in [0.2, 0.25) is 5.02 Å². The van der Waals surface area contributed by atoms with Gasteiger partial charge in [0.05, 0.1) is 5.69 Å². The summed E-state index contributed by atoms with van der Waals surface area (Å²) in [5.74, 6) is 1.28. The topological polar surface area (TPSA) is 61.5 Å². The van der Waals surface area contributed by atoms with Crippen LogP contribution in [0, 0.1) is 5.92 Å². The van der Waals surface area contributed by atoms with Crippen LogP contribution in [0.1, 0.15) is 24.2 Å². The predicted molar refractivity (Wildman–Crippen MR) is 92.5 cm³/mol. The van der Waals surface area contributed by atoms with Crippen molar-refractivity contribution in [1.29, 1.82) is 0 Å². The standard InChI is InChI=1S/C18H20ClNO3/c1-12(2)18(21)13-3-8-17(16(20)11-13)23-10-9-22-15-6-4-14(19)5-7-15/h3-8,11-12H,9-10,20H2,1-2H3. The SMILES string of the molecule is CC(C)C(=O)c1ccc(OCCOc2ccc(Cl)cc2)c(N)c1. The molecule has 0 radical (unpaired) electrons. The van der Waals surface area contributed by atoms with Crippen molar-refractivity contribution in [2.45, 2.75) is 13.8 Å². The second-order valence-electron chi connectivity index (χ2n) is 5.42. The highest BCUT2D eigenvalue weighted by atomic mass is 35.5. The quantitative estimate of drug-likeness (QED) is 0.468. The third-order valence-electron chi connectivity index (χ3n) is 3.24. The van der Waals surface area contributed by atoms with Gasteiger partial charge in [-0.25, -0.2) is 0 Å². The Labute approximate surface area is 141 Å². The zero-order chi connectivity index (χ0) is 16.8. The third kappa shape index (κ3) is 4.89. The molecule has 23 heavy (non-hydrogen) atoms. The lowest BCUT2D eigenvalue weighted by Crippen LogP contribution is -2.11. The summed E-state index contributed by atoms with van der Waals surface area (Å²) in [6, 6.07) is 12.2. The Balaban J connectivity index is 1.86. The molecule has 0 bridgehead atoms. The van der Waals surface area contributed by atoms with Crippen molar-refractivity contribution >= 4 is 23.1 Å². The highest BCUT2D eigenvalue weighted by Crippen LogP contribution is 2.24. The number of hydrogen-bond acceptors (Lipinski definition) is 4. The van der Waals surface area contributed by atoms with Gasteiger partial charge in [0.25, 0.3) is 0 Å². The number of nitrogens with two attached hydrogens (primary N) is 1. The molecule has 0 aliphatic rings. The first-order valence-electron chi connectivity index (χ1n) is 7.42. The Hall–Kier alpha value is -2.20. The molecule has 0 amide bonds. The number of anilines is 1. The van der Waals surface area contributed by atoms with Crippen LogP contribution in [0.3, 0.4) is 0 Å². The second kappa shape index (κ2) is 7.88. The van der Waals surface area contributed by atoms with E-state index in [0.29, 0.717) is 35.2 Å². The molecule has 0 heterocycles. The first-order valence-corrected chi connectivity index (χ1v) is 7.80. The minimum absolute atomic E-state index is 0.0612. The van der Waals surface area contributed by atoms with Gasteiger partial charge in [-0.1, -0.05) is 25.4 Å². The number of benzene rings is 2. The van der Waals surface area contributed by atoms with Crippen LogP contribution in [-0.4, -0.2) is 19.0 Å². The molecule has 2 rings (SSSR count). The molecule has 0 fully saturated rings. The lowest BCUT2D eigenvalue weighted by Gasteiger charge is -2.12. The number of halogens is 1. The van der Waals surface area contributed by atoms with Crippen molar-refractivity contribution in [3.63, 3.8) is 0 Å². The van der Waals surface area contributed by atoms with Crippen molar-refractivity contribution in [1.82, 2.24) is 0 Å². The first kappa shape index (κ1) is 17.2. The zero-order valence-corrected chi connectivity index (χ0v) is 14.0. The van der Waals surface area contributed by atoms with E-state index in [1.54, 1.807) is 42.5 Å². The maximum Gasteiger partial charge on any atom is 0.165 e. The summed E-state index contributed by atoms with van der Waals surface area (Å²) < 4.78 is 11.1.